The molecule has 0 fully saturated rings. The first kappa shape index (κ1) is 22.2. The normalized spacial score (nSPS) is 11.5. The molecule has 0 bridgehead atoms. The van der Waals surface area contributed by atoms with E-state index >= 15 is 0 Å². The van der Waals surface area contributed by atoms with Crippen molar-refractivity contribution in [2.45, 2.75) is 40.2 Å². The molecular formula is C21H32N4O2S. The van der Waals surface area contributed by atoms with Crippen LogP contribution in [0, 0.1) is 13.8 Å². The summed E-state index contributed by atoms with van der Waals surface area (Å²) in [5.41, 5.74) is 3.47. The van der Waals surface area contributed by atoms with E-state index in [2.05, 4.69) is 54.6 Å². The average molecular weight is 405 g/mol. The molecule has 0 saturated heterocycles. The van der Waals surface area contributed by atoms with Crippen molar-refractivity contribution in [1.82, 2.24) is 15.6 Å². The number of rotatable bonds is 10. The predicted octanol–water partition coefficient (Wildman–Crippen LogP) is 3.26. The van der Waals surface area contributed by atoms with Crippen molar-refractivity contribution in [1.29, 1.82) is 0 Å². The molecule has 0 radical (unpaired) electrons. The molecule has 0 aliphatic heterocycles. The summed E-state index contributed by atoms with van der Waals surface area (Å²) in [7, 11) is 3.46. The van der Waals surface area contributed by atoms with Gasteiger partial charge >= 0.3 is 0 Å². The molecule has 1 heterocycles. The number of nitrogens with zero attached hydrogens (tertiary/aromatic N) is 2. The highest BCUT2D eigenvalue weighted by Gasteiger charge is 2.08. The molecule has 0 unspecified atom stereocenters. The molecule has 1 aromatic carbocycles. The average Bonchev–Trinajstić information content (AvgIpc) is 3.05. The predicted molar refractivity (Wildman–Crippen MR) is 117 cm³/mol. The van der Waals surface area contributed by atoms with Gasteiger partial charge in [-0.1, -0.05) is 19.1 Å². The minimum Gasteiger partial charge on any atom is -0.491 e. The topological polar surface area (TPSA) is 67.8 Å². The van der Waals surface area contributed by atoms with E-state index in [0.717, 1.165) is 36.7 Å². The van der Waals surface area contributed by atoms with Crippen LogP contribution in [0.1, 0.15) is 33.6 Å². The lowest BCUT2D eigenvalue weighted by molar-refractivity contribution is 0.145. The van der Waals surface area contributed by atoms with Gasteiger partial charge in [-0.3, -0.25) is 4.99 Å². The summed E-state index contributed by atoms with van der Waals surface area (Å²) in [4.78, 5) is 10.3. The van der Waals surface area contributed by atoms with Crippen LogP contribution in [0.15, 0.2) is 23.2 Å². The second kappa shape index (κ2) is 11.7. The zero-order valence-electron chi connectivity index (χ0n) is 17.6. The van der Waals surface area contributed by atoms with Gasteiger partial charge in [-0.2, -0.15) is 0 Å². The maximum atomic E-state index is 5.86. The van der Waals surface area contributed by atoms with Gasteiger partial charge in [0.1, 0.15) is 12.4 Å². The first-order valence-corrected chi connectivity index (χ1v) is 10.5. The second-order valence-electron chi connectivity index (χ2n) is 6.52. The Morgan fingerprint density at radius 2 is 2.04 bits per heavy atom. The number of methoxy groups -OCH3 is 1. The largest absolute Gasteiger partial charge is 0.491 e. The fraction of sp³-hybridized carbons (Fsp3) is 0.524. The fourth-order valence-electron chi connectivity index (χ4n) is 2.79. The number of aromatic nitrogens is 1. The molecule has 2 N–H and O–H groups in total. The second-order valence-corrected chi connectivity index (χ2v) is 7.81. The first-order valence-electron chi connectivity index (χ1n) is 9.68. The number of nitrogens with one attached hydrogen (secondary N) is 2. The molecule has 2 rings (SSSR count). The number of guanidine groups is 1. The Bertz CT molecular complexity index is 774. The molecule has 1 aromatic heterocycles. The van der Waals surface area contributed by atoms with E-state index in [0.29, 0.717) is 19.8 Å². The molecule has 0 saturated carbocycles. The lowest BCUT2D eigenvalue weighted by Gasteiger charge is -2.15. The third kappa shape index (κ3) is 6.80. The van der Waals surface area contributed by atoms with E-state index in [-0.39, 0.29) is 0 Å². The van der Waals surface area contributed by atoms with Gasteiger partial charge in [0, 0.05) is 44.1 Å². The van der Waals surface area contributed by atoms with Gasteiger partial charge in [0.05, 0.1) is 17.3 Å². The molecular weight excluding hydrogens is 372 g/mol. The van der Waals surface area contributed by atoms with Gasteiger partial charge in [0.15, 0.2) is 5.96 Å². The zero-order valence-corrected chi connectivity index (χ0v) is 18.4. The molecule has 6 nitrogen and oxygen atoms in total. The van der Waals surface area contributed by atoms with E-state index in [4.69, 9.17) is 14.5 Å². The molecule has 7 heteroatoms. The van der Waals surface area contributed by atoms with Gasteiger partial charge in [0.2, 0.25) is 0 Å². The Morgan fingerprint density at radius 1 is 1.21 bits per heavy atom. The number of hydrogen-bond donors (Lipinski definition) is 2. The van der Waals surface area contributed by atoms with Gasteiger partial charge in [-0.15, -0.1) is 11.3 Å². The highest BCUT2D eigenvalue weighted by atomic mass is 32.1. The highest BCUT2D eigenvalue weighted by molar-refractivity contribution is 7.11. The lowest BCUT2D eigenvalue weighted by atomic mass is 10.1. The number of ether oxygens (including phenoxy) is 2. The number of hydrogen-bond acceptors (Lipinski definition) is 5. The van der Waals surface area contributed by atoms with Crippen LogP contribution < -0.4 is 15.4 Å². The standard InChI is InChI=1S/C21H32N4O2S/c1-6-18-16(3)28-20(25-18)9-10-23-21(22-4)24-14-17-8-7-15(2)13-19(17)27-12-11-26-5/h7-8,13H,6,9-12,14H2,1-5H3,(H2,22,23,24). The minimum atomic E-state index is 0.535. The maximum Gasteiger partial charge on any atom is 0.191 e. The van der Waals surface area contributed by atoms with Crippen LogP contribution in [-0.4, -0.2) is 44.9 Å². The Hall–Kier alpha value is -2.12. The van der Waals surface area contributed by atoms with E-state index in [1.807, 2.05) is 0 Å². The SMILES string of the molecule is CCc1nc(CCNC(=NC)NCc2ccc(C)cc2OCCOC)sc1C. The first-order chi connectivity index (χ1) is 13.6. The van der Waals surface area contributed by atoms with Gasteiger partial charge in [-0.05, 0) is 31.9 Å². The molecule has 2 aromatic rings. The van der Waals surface area contributed by atoms with E-state index < -0.39 is 0 Å². The Kier molecular flexibility index (Phi) is 9.23. The Morgan fingerprint density at radius 3 is 2.71 bits per heavy atom. The summed E-state index contributed by atoms with van der Waals surface area (Å²) in [6.45, 7) is 8.88. The molecule has 0 spiro atoms. The zero-order chi connectivity index (χ0) is 20.4. The molecule has 0 atom stereocenters. The van der Waals surface area contributed by atoms with Gasteiger partial charge < -0.3 is 20.1 Å². The Balaban J connectivity index is 1.86. The molecule has 0 aliphatic rings. The van der Waals surface area contributed by atoms with Crippen LogP contribution in [-0.2, 0) is 24.1 Å². The van der Waals surface area contributed by atoms with Gasteiger partial charge in [0.25, 0.3) is 0 Å². The summed E-state index contributed by atoms with van der Waals surface area (Å²) in [6, 6.07) is 6.23. The molecule has 0 aliphatic carbocycles. The van der Waals surface area contributed by atoms with Crippen molar-refractivity contribution in [3.63, 3.8) is 0 Å². The van der Waals surface area contributed by atoms with E-state index in [9.17, 15) is 0 Å². The smallest absolute Gasteiger partial charge is 0.191 e. The van der Waals surface area contributed by atoms with Crippen LogP contribution in [0.25, 0.3) is 0 Å². The fourth-order valence-corrected chi connectivity index (χ4v) is 3.81. The molecule has 154 valence electrons. The third-order valence-corrected chi connectivity index (χ3v) is 5.41. The van der Waals surface area contributed by atoms with Crippen LogP contribution >= 0.6 is 11.3 Å². The number of aryl methyl sites for hydroxylation is 3. The molecule has 0 amide bonds. The molecule has 28 heavy (non-hydrogen) atoms. The maximum absolute atomic E-state index is 5.86. The van der Waals surface area contributed by atoms with Crippen LogP contribution in [0.3, 0.4) is 0 Å². The number of aliphatic imine (C=N–C) groups is 1. The van der Waals surface area contributed by atoms with Crippen molar-refractivity contribution in [2.75, 3.05) is 33.9 Å². The van der Waals surface area contributed by atoms with Crippen molar-refractivity contribution in [3.8, 4) is 5.75 Å². The van der Waals surface area contributed by atoms with Gasteiger partial charge in [-0.25, -0.2) is 4.98 Å². The van der Waals surface area contributed by atoms with E-state index in [1.54, 1.807) is 25.5 Å². The summed E-state index contributed by atoms with van der Waals surface area (Å²) in [5, 5.41) is 7.89. The number of thiazole rings is 1. The third-order valence-electron chi connectivity index (χ3n) is 4.34. The summed E-state index contributed by atoms with van der Waals surface area (Å²) >= 11 is 1.78. The van der Waals surface area contributed by atoms with Crippen LogP contribution in [0.5, 0.6) is 5.75 Å². The van der Waals surface area contributed by atoms with E-state index in [1.165, 1.54) is 21.1 Å². The van der Waals surface area contributed by atoms with Crippen molar-refractivity contribution in [3.05, 3.63) is 44.9 Å². The highest BCUT2D eigenvalue weighted by Crippen LogP contribution is 2.20. The van der Waals surface area contributed by atoms with Crippen molar-refractivity contribution < 1.29 is 9.47 Å². The van der Waals surface area contributed by atoms with Crippen LogP contribution in [0.2, 0.25) is 0 Å². The minimum absolute atomic E-state index is 0.535. The van der Waals surface area contributed by atoms with Crippen molar-refractivity contribution in [2.24, 2.45) is 4.99 Å². The summed E-state index contributed by atoms with van der Waals surface area (Å²) < 4.78 is 10.9. The quantitative estimate of drug-likeness (QED) is 0.361. The van der Waals surface area contributed by atoms with Crippen molar-refractivity contribution >= 4 is 17.3 Å². The summed E-state index contributed by atoms with van der Waals surface area (Å²) in [6.07, 6.45) is 1.88. The lowest BCUT2D eigenvalue weighted by Crippen LogP contribution is -2.37. The van der Waals surface area contributed by atoms with Crippen LogP contribution in [0.4, 0.5) is 0 Å². The summed E-state index contributed by atoms with van der Waals surface area (Å²) in [5.74, 6) is 1.65. The number of benzene rings is 1. The monoisotopic (exact) mass is 404 g/mol. The Labute approximate surface area is 172 Å².